The molecule has 0 aromatic carbocycles. The first-order valence-electron chi connectivity index (χ1n) is 5.74. The van der Waals surface area contributed by atoms with Gasteiger partial charge in [0.25, 0.3) is 0 Å². The Bertz CT molecular complexity index is 455. The van der Waals surface area contributed by atoms with Crippen LogP contribution < -0.4 is 5.73 Å². The van der Waals surface area contributed by atoms with Crippen molar-refractivity contribution < 1.29 is 8.42 Å². The second kappa shape index (κ2) is 5.12. The molecule has 0 saturated carbocycles. The Labute approximate surface area is 102 Å². The lowest BCUT2D eigenvalue weighted by Crippen LogP contribution is -2.34. The van der Waals surface area contributed by atoms with Gasteiger partial charge >= 0.3 is 0 Å². The summed E-state index contributed by atoms with van der Waals surface area (Å²) in [5.41, 5.74) is 6.50. The van der Waals surface area contributed by atoms with Gasteiger partial charge in [-0.2, -0.15) is 0 Å². The first-order valence-corrected chi connectivity index (χ1v) is 7.35. The second-order valence-electron chi connectivity index (χ2n) is 4.25. The fourth-order valence-electron chi connectivity index (χ4n) is 1.98. The highest BCUT2D eigenvalue weighted by Crippen LogP contribution is 2.17. The van der Waals surface area contributed by atoms with Crippen molar-refractivity contribution in [3.05, 3.63) is 30.1 Å². The summed E-state index contributed by atoms with van der Waals surface area (Å²) in [5, 5.41) is 0. The molecule has 0 bridgehead atoms. The van der Waals surface area contributed by atoms with E-state index in [-0.39, 0.29) is 5.75 Å². The van der Waals surface area contributed by atoms with Crippen molar-refractivity contribution in [2.75, 3.05) is 18.8 Å². The van der Waals surface area contributed by atoms with Gasteiger partial charge in [0, 0.05) is 19.3 Å². The number of rotatable bonds is 4. The number of nitrogens with zero attached hydrogens (tertiary/aromatic N) is 2. The molecule has 1 saturated heterocycles. The summed E-state index contributed by atoms with van der Waals surface area (Å²) in [4.78, 5) is 4.08. The first-order chi connectivity index (χ1) is 8.09. The molecule has 2 rings (SSSR count). The van der Waals surface area contributed by atoms with Crippen LogP contribution >= 0.6 is 0 Å². The van der Waals surface area contributed by atoms with Crippen LogP contribution in [0.15, 0.2) is 24.4 Å². The molecular formula is C11H17N3O2S. The van der Waals surface area contributed by atoms with E-state index in [0.29, 0.717) is 18.8 Å². The maximum Gasteiger partial charge on any atom is 0.216 e. The molecule has 0 amide bonds. The highest BCUT2D eigenvalue weighted by Gasteiger charge is 2.27. The zero-order chi connectivity index (χ0) is 12.3. The van der Waals surface area contributed by atoms with Crippen LogP contribution in [-0.4, -0.2) is 36.5 Å². The normalized spacial score (nSPS) is 19.4. The molecule has 5 nitrogen and oxygen atoms in total. The third-order valence-electron chi connectivity index (χ3n) is 2.92. The first kappa shape index (κ1) is 12.5. The molecule has 1 aromatic heterocycles. The molecule has 0 spiro atoms. The van der Waals surface area contributed by atoms with E-state index < -0.39 is 16.1 Å². The molecule has 0 aliphatic carbocycles. The van der Waals surface area contributed by atoms with E-state index in [2.05, 4.69) is 4.98 Å². The van der Waals surface area contributed by atoms with E-state index >= 15 is 0 Å². The van der Waals surface area contributed by atoms with Crippen molar-refractivity contribution in [1.82, 2.24) is 9.29 Å². The minimum Gasteiger partial charge on any atom is -0.322 e. The summed E-state index contributed by atoms with van der Waals surface area (Å²) in [6.07, 6.45) is 3.51. The minimum atomic E-state index is -3.24. The predicted octanol–water partition coefficient (Wildman–Crippen LogP) is 0.507. The molecular weight excluding hydrogens is 238 g/mol. The van der Waals surface area contributed by atoms with Crippen molar-refractivity contribution in [3.8, 4) is 0 Å². The topological polar surface area (TPSA) is 76.3 Å². The van der Waals surface area contributed by atoms with Gasteiger partial charge in [0.05, 0.1) is 17.5 Å². The van der Waals surface area contributed by atoms with Crippen LogP contribution in [0, 0.1) is 0 Å². The number of sulfonamides is 1. The van der Waals surface area contributed by atoms with Crippen molar-refractivity contribution in [3.63, 3.8) is 0 Å². The standard InChI is InChI=1S/C11H17N3O2S/c12-10(11-5-1-2-6-13-11)9-17(15,16)14-7-3-4-8-14/h1-2,5-6,10H,3-4,7-9,12H2. The molecule has 2 N–H and O–H groups in total. The van der Waals surface area contributed by atoms with Gasteiger partial charge in [-0.1, -0.05) is 6.07 Å². The van der Waals surface area contributed by atoms with Gasteiger partial charge in [-0.25, -0.2) is 12.7 Å². The number of hydrogen-bond donors (Lipinski definition) is 1. The van der Waals surface area contributed by atoms with Crippen LogP contribution in [0.5, 0.6) is 0 Å². The molecule has 17 heavy (non-hydrogen) atoms. The predicted molar refractivity (Wildman–Crippen MR) is 65.8 cm³/mol. The van der Waals surface area contributed by atoms with Crippen molar-refractivity contribution in [1.29, 1.82) is 0 Å². The van der Waals surface area contributed by atoms with Gasteiger partial charge in [-0.05, 0) is 25.0 Å². The average Bonchev–Trinajstić information content (AvgIpc) is 2.84. The number of hydrogen-bond acceptors (Lipinski definition) is 4. The maximum atomic E-state index is 12.0. The summed E-state index contributed by atoms with van der Waals surface area (Å²) >= 11 is 0. The third-order valence-corrected chi connectivity index (χ3v) is 4.85. The highest BCUT2D eigenvalue weighted by atomic mass is 32.2. The van der Waals surface area contributed by atoms with E-state index in [1.165, 1.54) is 4.31 Å². The second-order valence-corrected chi connectivity index (χ2v) is 6.26. The zero-order valence-corrected chi connectivity index (χ0v) is 10.4. The average molecular weight is 255 g/mol. The van der Waals surface area contributed by atoms with Crippen molar-refractivity contribution in [2.24, 2.45) is 5.73 Å². The molecule has 1 atom stereocenters. The van der Waals surface area contributed by atoms with Crippen LogP contribution in [0.1, 0.15) is 24.6 Å². The Hall–Kier alpha value is -0.980. The summed E-state index contributed by atoms with van der Waals surface area (Å²) in [6.45, 7) is 1.24. The summed E-state index contributed by atoms with van der Waals surface area (Å²) in [7, 11) is -3.24. The van der Waals surface area contributed by atoms with Gasteiger partial charge in [-0.15, -0.1) is 0 Å². The largest absolute Gasteiger partial charge is 0.322 e. The lowest BCUT2D eigenvalue weighted by atomic mass is 10.2. The number of nitrogens with two attached hydrogens (primary N) is 1. The third kappa shape index (κ3) is 3.02. The van der Waals surface area contributed by atoms with Gasteiger partial charge in [-0.3, -0.25) is 4.98 Å². The molecule has 2 heterocycles. The molecule has 1 aromatic rings. The maximum absolute atomic E-state index is 12.0. The lowest BCUT2D eigenvalue weighted by Gasteiger charge is -2.18. The highest BCUT2D eigenvalue weighted by molar-refractivity contribution is 7.89. The fraction of sp³-hybridized carbons (Fsp3) is 0.545. The summed E-state index contributed by atoms with van der Waals surface area (Å²) in [6, 6.07) is 4.79. The zero-order valence-electron chi connectivity index (χ0n) is 9.62. The van der Waals surface area contributed by atoms with Crippen LogP contribution in [0.25, 0.3) is 0 Å². The Kier molecular flexibility index (Phi) is 3.76. The van der Waals surface area contributed by atoms with Crippen LogP contribution in [0.2, 0.25) is 0 Å². The van der Waals surface area contributed by atoms with Gasteiger partial charge in [0.15, 0.2) is 0 Å². The smallest absolute Gasteiger partial charge is 0.216 e. The fourth-order valence-corrected chi connectivity index (χ4v) is 3.63. The van der Waals surface area contributed by atoms with Gasteiger partial charge < -0.3 is 5.73 Å². The molecule has 1 fully saturated rings. The molecule has 94 valence electrons. The monoisotopic (exact) mass is 255 g/mol. The van der Waals surface area contributed by atoms with Gasteiger partial charge in [0.2, 0.25) is 10.0 Å². The van der Waals surface area contributed by atoms with Crippen LogP contribution in [-0.2, 0) is 10.0 Å². The Morgan fingerprint density at radius 3 is 2.65 bits per heavy atom. The van der Waals surface area contributed by atoms with E-state index in [0.717, 1.165) is 12.8 Å². The molecule has 6 heteroatoms. The Balaban J connectivity index is 2.05. The molecule has 0 radical (unpaired) electrons. The molecule has 1 aliphatic rings. The van der Waals surface area contributed by atoms with Crippen molar-refractivity contribution in [2.45, 2.75) is 18.9 Å². The van der Waals surface area contributed by atoms with Crippen LogP contribution in [0.3, 0.4) is 0 Å². The Morgan fingerprint density at radius 2 is 2.06 bits per heavy atom. The molecule has 1 aliphatic heterocycles. The van der Waals surface area contributed by atoms with Crippen molar-refractivity contribution >= 4 is 10.0 Å². The quantitative estimate of drug-likeness (QED) is 0.850. The van der Waals surface area contributed by atoms with E-state index in [4.69, 9.17) is 5.73 Å². The summed E-state index contributed by atoms with van der Waals surface area (Å²) < 4.78 is 25.6. The summed E-state index contributed by atoms with van der Waals surface area (Å²) in [5.74, 6) is -0.0655. The lowest BCUT2D eigenvalue weighted by molar-refractivity contribution is 0.472. The van der Waals surface area contributed by atoms with Crippen LogP contribution in [0.4, 0.5) is 0 Å². The molecule has 1 unspecified atom stereocenters. The number of pyridine rings is 1. The minimum absolute atomic E-state index is 0.0655. The SMILES string of the molecule is NC(CS(=O)(=O)N1CCCC1)c1ccccn1. The van der Waals surface area contributed by atoms with Gasteiger partial charge in [0.1, 0.15) is 0 Å². The van der Waals surface area contributed by atoms with E-state index in [1.54, 1.807) is 18.3 Å². The van der Waals surface area contributed by atoms with E-state index in [1.807, 2.05) is 6.07 Å². The van der Waals surface area contributed by atoms with E-state index in [9.17, 15) is 8.42 Å². The Morgan fingerprint density at radius 1 is 1.35 bits per heavy atom. The number of aromatic nitrogens is 1.